The minimum Gasteiger partial charge on any atom is -0.494 e. The molecular formula is C30H34Cl2FN3O5S. The number of nitrogens with one attached hydrogen (secondary N) is 1. The van der Waals surface area contributed by atoms with Crippen LogP contribution in [-0.2, 0) is 26.2 Å². The Hall–Kier alpha value is -3.34. The van der Waals surface area contributed by atoms with Crippen LogP contribution in [0.3, 0.4) is 0 Å². The summed E-state index contributed by atoms with van der Waals surface area (Å²) in [6, 6.07) is 14.3. The number of anilines is 1. The molecule has 0 bridgehead atoms. The van der Waals surface area contributed by atoms with E-state index in [2.05, 4.69) is 5.32 Å². The normalized spacial score (nSPS) is 12.1. The van der Waals surface area contributed by atoms with Gasteiger partial charge >= 0.3 is 0 Å². The van der Waals surface area contributed by atoms with Gasteiger partial charge in [-0.25, -0.2) is 12.8 Å². The van der Waals surface area contributed by atoms with Crippen molar-refractivity contribution in [1.82, 2.24) is 10.2 Å². The smallest absolute Gasteiger partial charge is 0.264 e. The standard InChI is InChI=1S/C30H34Cl2FN3O5S/c1-5-41-24-13-15-25(16-14-24)42(39,40)36(23-11-9-22(33)10-12-23)19-29(37)35(21(4)30(38)34-17-20(2)3)18-26-27(31)7-6-8-28(26)32/h6-16,20-21H,5,17-19H2,1-4H3,(H,34,38)/t21-/m0/s1. The Kier molecular flexibility index (Phi) is 11.6. The fourth-order valence-corrected chi connectivity index (χ4v) is 5.96. The van der Waals surface area contributed by atoms with Gasteiger partial charge in [-0.1, -0.05) is 43.1 Å². The first kappa shape index (κ1) is 33.2. The van der Waals surface area contributed by atoms with E-state index in [0.717, 1.165) is 16.4 Å². The van der Waals surface area contributed by atoms with Crippen molar-refractivity contribution < 1.29 is 27.1 Å². The number of hydrogen-bond donors (Lipinski definition) is 1. The minimum absolute atomic E-state index is 0.0614. The molecule has 0 unspecified atom stereocenters. The second-order valence-corrected chi connectivity index (χ2v) is 12.6. The first-order valence-corrected chi connectivity index (χ1v) is 15.6. The maximum Gasteiger partial charge on any atom is 0.264 e. The summed E-state index contributed by atoms with van der Waals surface area (Å²) in [6.07, 6.45) is 0. The molecule has 0 fully saturated rings. The first-order chi connectivity index (χ1) is 19.8. The van der Waals surface area contributed by atoms with Crippen LogP contribution in [0.1, 0.15) is 33.3 Å². The van der Waals surface area contributed by atoms with Crippen LogP contribution in [-0.4, -0.2) is 50.9 Å². The summed E-state index contributed by atoms with van der Waals surface area (Å²) in [5.74, 6) is -1.06. The van der Waals surface area contributed by atoms with Crippen LogP contribution in [0.4, 0.5) is 10.1 Å². The van der Waals surface area contributed by atoms with E-state index in [4.69, 9.17) is 27.9 Å². The molecule has 42 heavy (non-hydrogen) atoms. The summed E-state index contributed by atoms with van der Waals surface area (Å²) in [5.41, 5.74) is 0.465. The van der Waals surface area contributed by atoms with Gasteiger partial charge < -0.3 is 15.0 Å². The quantitative estimate of drug-likeness (QED) is 0.251. The number of halogens is 3. The summed E-state index contributed by atoms with van der Waals surface area (Å²) in [6.45, 7) is 7.15. The number of ether oxygens (including phenoxy) is 1. The summed E-state index contributed by atoms with van der Waals surface area (Å²) >= 11 is 12.8. The lowest BCUT2D eigenvalue weighted by Crippen LogP contribution is -2.51. The van der Waals surface area contributed by atoms with E-state index >= 15 is 0 Å². The number of rotatable bonds is 13. The lowest BCUT2D eigenvalue weighted by atomic mass is 10.1. The van der Waals surface area contributed by atoms with Gasteiger partial charge in [-0.3, -0.25) is 13.9 Å². The third-order valence-electron chi connectivity index (χ3n) is 6.36. The molecule has 0 aliphatic carbocycles. The highest BCUT2D eigenvalue weighted by Gasteiger charge is 2.33. The molecule has 0 saturated heterocycles. The number of carbonyl (C=O) groups is 2. The fourth-order valence-electron chi connectivity index (χ4n) is 4.03. The zero-order chi connectivity index (χ0) is 31.0. The molecule has 0 aromatic heterocycles. The third-order valence-corrected chi connectivity index (χ3v) is 8.85. The molecule has 0 saturated carbocycles. The van der Waals surface area contributed by atoms with Gasteiger partial charge in [0.15, 0.2) is 0 Å². The Morgan fingerprint density at radius 2 is 1.55 bits per heavy atom. The van der Waals surface area contributed by atoms with Crippen LogP contribution in [0.25, 0.3) is 0 Å². The summed E-state index contributed by atoms with van der Waals surface area (Å²) < 4.78 is 47.9. The minimum atomic E-state index is -4.33. The zero-order valence-electron chi connectivity index (χ0n) is 23.8. The van der Waals surface area contributed by atoms with Crippen molar-refractivity contribution >= 4 is 50.7 Å². The highest BCUT2D eigenvalue weighted by atomic mass is 35.5. The predicted octanol–water partition coefficient (Wildman–Crippen LogP) is 5.92. The zero-order valence-corrected chi connectivity index (χ0v) is 26.1. The SMILES string of the molecule is CCOc1ccc(S(=O)(=O)N(CC(=O)N(Cc2c(Cl)cccc2Cl)[C@@H](C)C(=O)NCC(C)C)c2ccc(F)cc2)cc1. The van der Waals surface area contributed by atoms with E-state index in [9.17, 15) is 22.4 Å². The van der Waals surface area contributed by atoms with Gasteiger partial charge in [-0.05, 0) is 80.4 Å². The van der Waals surface area contributed by atoms with Crippen molar-refractivity contribution in [3.8, 4) is 5.75 Å². The number of carbonyl (C=O) groups excluding carboxylic acids is 2. The second kappa shape index (κ2) is 14.7. The molecule has 226 valence electrons. The maximum atomic E-state index is 14.0. The molecule has 8 nitrogen and oxygen atoms in total. The first-order valence-electron chi connectivity index (χ1n) is 13.4. The number of sulfonamides is 1. The highest BCUT2D eigenvalue weighted by Crippen LogP contribution is 2.29. The highest BCUT2D eigenvalue weighted by molar-refractivity contribution is 7.92. The average molecular weight is 639 g/mol. The fraction of sp³-hybridized carbons (Fsp3) is 0.333. The maximum absolute atomic E-state index is 14.0. The molecule has 0 heterocycles. The van der Waals surface area contributed by atoms with Gasteiger partial charge in [-0.15, -0.1) is 0 Å². The molecule has 0 aliphatic heterocycles. The largest absolute Gasteiger partial charge is 0.494 e. The second-order valence-electron chi connectivity index (χ2n) is 9.93. The Balaban J connectivity index is 2.04. The topological polar surface area (TPSA) is 96.0 Å². The molecular weight excluding hydrogens is 604 g/mol. The number of benzene rings is 3. The van der Waals surface area contributed by atoms with Gasteiger partial charge in [0.05, 0.1) is 17.2 Å². The van der Waals surface area contributed by atoms with Crippen LogP contribution < -0.4 is 14.4 Å². The predicted molar refractivity (Wildman–Crippen MR) is 163 cm³/mol. The lowest BCUT2D eigenvalue weighted by molar-refractivity contribution is -0.139. The van der Waals surface area contributed by atoms with E-state index in [1.165, 1.54) is 41.3 Å². The Morgan fingerprint density at radius 1 is 0.952 bits per heavy atom. The van der Waals surface area contributed by atoms with Crippen molar-refractivity contribution in [3.05, 3.63) is 88.2 Å². The van der Waals surface area contributed by atoms with Crippen molar-refractivity contribution in [2.75, 3.05) is 24.0 Å². The Morgan fingerprint density at radius 3 is 2.10 bits per heavy atom. The lowest BCUT2D eigenvalue weighted by Gasteiger charge is -2.32. The summed E-state index contributed by atoms with van der Waals surface area (Å²) in [7, 11) is -4.33. The molecule has 1 atom stereocenters. The van der Waals surface area contributed by atoms with Crippen molar-refractivity contribution in [2.24, 2.45) is 5.92 Å². The van der Waals surface area contributed by atoms with E-state index in [0.29, 0.717) is 24.5 Å². The molecule has 0 aliphatic rings. The van der Waals surface area contributed by atoms with Crippen LogP contribution >= 0.6 is 23.2 Å². The van der Waals surface area contributed by atoms with Crippen molar-refractivity contribution in [3.63, 3.8) is 0 Å². The molecule has 0 spiro atoms. The van der Waals surface area contributed by atoms with Gasteiger partial charge in [0, 0.05) is 28.7 Å². The Bertz CT molecular complexity index is 1470. The van der Waals surface area contributed by atoms with Gasteiger partial charge in [0.1, 0.15) is 24.2 Å². The van der Waals surface area contributed by atoms with Crippen molar-refractivity contribution in [2.45, 2.75) is 45.2 Å². The molecule has 2 amide bonds. The molecule has 3 rings (SSSR count). The summed E-state index contributed by atoms with van der Waals surface area (Å²) in [5, 5.41) is 3.38. The summed E-state index contributed by atoms with van der Waals surface area (Å²) in [4.78, 5) is 28.2. The molecule has 3 aromatic rings. The number of hydrogen-bond acceptors (Lipinski definition) is 5. The number of amides is 2. The molecule has 1 N–H and O–H groups in total. The van der Waals surface area contributed by atoms with E-state index < -0.39 is 40.2 Å². The van der Waals surface area contributed by atoms with E-state index in [1.54, 1.807) is 32.0 Å². The van der Waals surface area contributed by atoms with Crippen LogP contribution in [0, 0.1) is 11.7 Å². The molecule has 0 radical (unpaired) electrons. The van der Waals surface area contributed by atoms with E-state index in [-0.39, 0.29) is 33.1 Å². The third kappa shape index (κ3) is 8.36. The van der Waals surface area contributed by atoms with Gasteiger partial charge in [0.2, 0.25) is 11.8 Å². The van der Waals surface area contributed by atoms with Crippen molar-refractivity contribution in [1.29, 1.82) is 0 Å². The van der Waals surface area contributed by atoms with Crippen LogP contribution in [0.15, 0.2) is 71.6 Å². The Labute approximate surface area is 256 Å². The monoisotopic (exact) mass is 637 g/mol. The van der Waals surface area contributed by atoms with Gasteiger partial charge in [0.25, 0.3) is 10.0 Å². The molecule has 3 aromatic carbocycles. The van der Waals surface area contributed by atoms with E-state index in [1.807, 2.05) is 13.8 Å². The van der Waals surface area contributed by atoms with Gasteiger partial charge in [-0.2, -0.15) is 0 Å². The average Bonchev–Trinajstić information content (AvgIpc) is 2.95. The van der Waals surface area contributed by atoms with Crippen LogP contribution in [0.2, 0.25) is 10.0 Å². The number of nitrogens with zero attached hydrogens (tertiary/aromatic N) is 2. The molecule has 12 heteroatoms. The van der Waals surface area contributed by atoms with Crippen LogP contribution in [0.5, 0.6) is 5.75 Å².